The topological polar surface area (TPSA) is 12.5 Å². The highest BCUT2D eigenvalue weighted by Gasteiger charge is 2.15. The average Bonchev–Trinajstić information content (AvgIpc) is 2.30. The zero-order valence-corrected chi connectivity index (χ0v) is 11.9. The molecule has 0 aliphatic carbocycles. The average molecular weight is 298 g/mol. The number of hydrogen-bond donors (Lipinski definition) is 0. The first-order chi connectivity index (χ1) is 8.24. The summed E-state index contributed by atoms with van der Waals surface area (Å²) in [5.41, 5.74) is 1.36. The van der Waals surface area contributed by atoms with Gasteiger partial charge in [-0.3, -0.25) is 0 Å². The van der Waals surface area contributed by atoms with E-state index in [0.29, 0.717) is 5.92 Å². The minimum absolute atomic E-state index is 0.709. The molecule has 2 nitrogen and oxygen atoms in total. The fourth-order valence-electron chi connectivity index (χ4n) is 2.40. The van der Waals surface area contributed by atoms with E-state index < -0.39 is 0 Å². The van der Waals surface area contributed by atoms with E-state index in [2.05, 4.69) is 52.1 Å². The Balaban J connectivity index is 1.82. The van der Waals surface area contributed by atoms with Crippen molar-refractivity contribution in [1.29, 1.82) is 0 Å². The van der Waals surface area contributed by atoms with Crippen LogP contribution in [0, 0.1) is 5.92 Å². The molecular formula is C14H20BrNO. The lowest BCUT2D eigenvalue weighted by Crippen LogP contribution is -2.30. The van der Waals surface area contributed by atoms with Crippen molar-refractivity contribution in [1.82, 2.24) is 4.90 Å². The molecule has 94 valence electrons. The van der Waals surface area contributed by atoms with Crippen LogP contribution in [0.5, 0.6) is 0 Å². The monoisotopic (exact) mass is 297 g/mol. The lowest BCUT2D eigenvalue weighted by Gasteiger charge is -2.27. The summed E-state index contributed by atoms with van der Waals surface area (Å²) in [7, 11) is 2.19. The van der Waals surface area contributed by atoms with Gasteiger partial charge in [0.05, 0.1) is 6.61 Å². The Morgan fingerprint density at radius 2 is 2.35 bits per heavy atom. The van der Waals surface area contributed by atoms with Gasteiger partial charge in [0.2, 0.25) is 0 Å². The van der Waals surface area contributed by atoms with Crippen LogP contribution in [0.25, 0.3) is 0 Å². The van der Waals surface area contributed by atoms with Crippen molar-refractivity contribution in [3.8, 4) is 0 Å². The van der Waals surface area contributed by atoms with E-state index in [1.807, 2.05) is 0 Å². The molecule has 1 unspecified atom stereocenters. The quantitative estimate of drug-likeness (QED) is 0.845. The second-order valence-electron chi connectivity index (χ2n) is 4.91. The summed E-state index contributed by atoms with van der Waals surface area (Å²) in [6.45, 7) is 4.02. The van der Waals surface area contributed by atoms with Gasteiger partial charge in [-0.1, -0.05) is 28.1 Å². The van der Waals surface area contributed by atoms with Gasteiger partial charge in [0.25, 0.3) is 0 Å². The Morgan fingerprint density at radius 3 is 3.06 bits per heavy atom. The van der Waals surface area contributed by atoms with Gasteiger partial charge in [-0.05, 0) is 43.5 Å². The number of benzene rings is 1. The fourth-order valence-corrected chi connectivity index (χ4v) is 2.85. The molecule has 1 saturated heterocycles. The Kier molecular flexibility index (Phi) is 5.01. The molecule has 0 bridgehead atoms. The van der Waals surface area contributed by atoms with Gasteiger partial charge in [-0.2, -0.15) is 0 Å². The van der Waals surface area contributed by atoms with E-state index in [9.17, 15) is 0 Å². The molecule has 2 rings (SSSR count). The van der Waals surface area contributed by atoms with Crippen LogP contribution in [0.3, 0.4) is 0 Å². The molecule has 17 heavy (non-hydrogen) atoms. The summed E-state index contributed by atoms with van der Waals surface area (Å²) < 4.78 is 6.67. The Morgan fingerprint density at radius 1 is 1.47 bits per heavy atom. The molecule has 1 atom stereocenters. The van der Waals surface area contributed by atoms with Crippen LogP contribution >= 0.6 is 15.9 Å². The van der Waals surface area contributed by atoms with Crippen molar-refractivity contribution in [3.05, 3.63) is 34.3 Å². The highest BCUT2D eigenvalue weighted by Crippen LogP contribution is 2.17. The van der Waals surface area contributed by atoms with Crippen LogP contribution < -0.4 is 0 Å². The van der Waals surface area contributed by atoms with Crippen LogP contribution in [0.1, 0.15) is 18.4 Å². The van der Waals surface area contributed by atoms with E-state index in [-0.39, 0.29) is 0 Å². The predicted octanol–water partition coefficient (Wildman–Crippen LogP) is 3.31. The number of nitrogens with zero attached hydrogens (tertiary/aromatic N) is 1. The van der Waals surface area contributed by atoms with Crippen LogP contribution in [0.2, 0.25) is 0 Å². The van der Waals surface area contributed by atoms with Crippen LogP contribution in [0.4, 0.5) is 0 Å². The number of ether oxygens (including phenoxy) is 1. The van der Waals surface area contributed by atoms with E-state index in [4.69, 9.17) is 4.74 Å². The highest BCUT2D eigenvalue weighted by atomic mass is 79.9. The third-order valence-electron chi connectivity index (χ3n) is 3.17. The summed E-state index contributed by atoms with van der Waals surface area (Å²) in [6, 6.07) is 8.53. The van der Waals surface area contributed by atoms with Crippen LogP contribution in [-0.2, 0) is 11.3 Å². The van der Waals surface area contributed by atoms with Gasteiger partial charge in [0, 0.05) is 24.2 Å². The molecule has 1 heterocycles. The highest BCUT2D eigenvalue weighted by molar-refractivity contribution is 9.10. The largest absolute Gasteiger partial charge is 0.381 e. The van der Waals surface area contributed by atoms with E-state index >= 15 is 0 Å². The maximum Gasteiger partial charge on any atom is 0.0506 e. The standard InChI is InChI=1S/C14H20BrNO/c1-16(10-13-5-3-7-17-11-13)9-12-4-2-6-14(15)8-12/h2,4,6,8,13H,3,5,7,9-11H2,1H3. The Bertz CT molecular complexity index is 350. The lowest BCUT2D eigenvalue weighted by atomic mass is 10.0. The van der Waals surface area contributed by atoms with Gasteiger partial charge in [-0.25, -0.2) is 0 Å². The third-order valence-corrected chi connectivity index (χ3v) is 3.66. The zero-order valence-electron chi connectivity index (χ0n) is 10.4. The van der Waals surface area contributed by atoms with Gasteiger partial charge in [-0.15, -0.1) is 0 Å². The first-order valence-electron chi connectivity index (χ1n) is 6.25. The summed E-state index contributed by atoms with van der Waals surface area (Å²) in [6.07, 6.45) is 2.53. The van der Waals surface area contributed by atoms with Crippen molar-refractivity contribution in [2.24, 2.45) is 5.92 Å². The molecule has 1 fully saturated rings. The maximum absolute atomic E-state index is 5.52. The molecule has 0 aromatic heterocycles. The van der Waals surface area contributed by atoms with Crippen molar-refractivity contribution in [2.45, 2.75) is 19.4 Å². The molecule has 0 saturated carbocycles. The molecule has 1 aliphatic heterocycles. The van der Waals surface area contributed by atoms with Crippen LogP contribution in [-0.4, -0.2) is 31.7 Å². The number of halogens is 1. The van der Waals surface area contributed by atoms with E-state index in [1.54, 1.807) is 0 Å². The van der Waals surface area contributed by atoms with E-state index in [0.717, 1.165) is 30.8 Å². The fraction of sp³-hybridized carbons (Fsp3) is 0.571. The molecule has 0 spiro atoms. The van der Waals surface area contributed by atoms with Gasteiger partial charge >= 0.3 is 0 Å². The molecular weight excluding hydrogens is 278 g/mol. The Labute approximate surface area is 112 Å². The number of rotatable bonds is 4. The predicted molar refractivity (Wildman–Crippen MR) is 74.0 cm³/mol. The summed E-state index contributed by atoms with van der Waals surface area (Å²) in [4.78, 5) is 2.39. The smallest absolute Gasteiger partial charge is 0.0506 e. The van der Waals surface area contributed by atoms with E-state index in [1.165, 1.54) is 18.4 Å². The minimum atomic E-state index is 0.709. The SMILES string of the molecule is CN(Cc1cccc(Br)c1)CC1CCCOC1. The second-order valence-corrected chi connectivity index (χ2v) is 5.83. The summed E-state index contributed by atoms with van der Waals surface area (Å²) >= 11 is 3.51. The Hall–Kier alpha value is -0.380. The zero-order chi connectivity index (χ0) is 12.1. The van der Waals surface area contributed by atoms with Crippen molar-refractivity contribution < 1.29 is 4.74 Å². The molecule has 0 radical (unpaired) electrons. The maximum atomic E-state index is 5.52. The summed E-state index contributed by atoms with van der Waals surface area (Å²) in [5.74, 6) is 0.709. The molecule has 0 amide bonds. The first-order valence-corrected chi connectivity index (χ1v) is 7.04. The number of hydrogen-bond acceptors (Lipinski definition) is 2. The minimum Gasteiger partial charge on any atom is -0.381 e. The molecule has 0 N–H and O–H groups in total. The van der Waals surface area contributed by atoms with Gasteiger partial charge in [0.1, 0.15) is 0 Å². The third kappa shape index (κ3) is 4.41. The van der Waals surface area contributed by atoms with Crippen molar-refractivity contribution in [3.63, 3.8) is 0 Å². The normalized spacial score (nSPS) is 20.8. The van der Waals surface area contributed by atoms with Crippen molar-refractivity contribution >= 4 is 15.9 Å². The first kappa shape index (κ1) is 13.1. The molecule has 1 aliphatic rings. The lowest BCUT2D eigenvalue weighted by molar-refractivity contribution is 0.0411. The molecule has 1 aromatic carbocycles. The van der Waals surface area contributed by atoms with Gasteiger partial charge in [0.15, 0.2) is 0 Å². The van der Waals surface area contributed by atoms with Gasteiger partial charge < -0.3 is 9.64 Å². The van der Waals surface area contributed by atoms with Crippen LogP contribution in [0.15, 0.2) is 28.7 Å². The molecule has 3 heteroatoms. The second kappa shape index (κ2) is 6.53. The summed E-state index contributed by atoms with van der Waals surface area (Å²) in [5, 5.41) is 0. The molecule has 1 aromatic rings. The van der Waals surface area contributed by atoms with Crippen molar-refractivity contribution in [2.75, 3.05) is 26.8 Å².